The molecule has 3 aromatic rings. The molecule has 0 heterocycles. The van der Waals surface area contributed by atoms with Crippen molar-refractivity contribution in [2.75, 3.05) is 12.4 Å². The zero-order valence-corrected chi connectivity index (χ0v) is 16.2. The zero-order chi connectivity index (χ0) is 21.5. The molecule has 0 fully saturated rings. The number of hydrogen-bond donors (Lipinski definition) is 1. The number of ether oxygens (including phenoxy) is 1. The highest BCUT2D eigenvalue weighted by Gasteiger charge is 2.12. The van der Waals surface area contributed by atoms with E-state index < -0.39 is 11.7 Å². The van der Waals surface area contributed by atoms with E-state index in [1.165, 1.54) is 43.5 Å². The Morgan fingerprint density at radius 1 is 1.07 bits per heavy atom. The molecule has 0 radical (unpaired) electrons. The third-order valence-electron chi connectivity index (χ3n) is 4.43. The third-order valence-corrected chi connectivity index (χ3v) is 4.43. The second-order valence-electron chi connectivity index (χ2n) is 6.47. The van der Waals surface area contributed by atoms with Gasteiger partial charge in [-0.05, 0) is 59.2 Å². The normalized spacial score (nSPS) is 10.9. The number of carbonyl (C=O) groups is 1. The van der Waals surface area contributed by atoms with Gasteiger partial charge in [0, 0.05) is 12.1 Å². The number of amides is 1. The van der Waals surface area contributed by atoms with Crippen molar-refractivity contribution in [3.8, 4) is 11.8 Å². The molecule has 0 aliphatic heterocycles. The quantitative estimate of drug-likeness (QED) is 0.459. The van der Waals surface area contributed by atoms with Crippen LogP contribution >= 0.6 is 0 Å². The van der Waals surface area contributed by atoms with E-state index in [0.717, 1.165) is 5.56 Å². The van der Waals surface area contributed by atoms with Gasteiger partial charge in [-0.2, -0.15) is 5.26 Å². The highest BCUT2D eigenvalue weighted by atomic mass is 19.1. The van der Waals surface area contributed by atoms with Gasteiger partial charge in [-0.3, -0.25) is 4.79 Å². The van der Waals surface area contributed by atoms with Crippen molar-refractivity contribution in [1.82, 2.24) is 0 Å². The van der Waals surface area contributed by atoms with E-state index in [4.69, 9.17) is 4.74 Å². The van der Waals surface area contributed by atoms with Gasteiger partial charge in [-0.25, -0.2) is 8.78 Å². The van der Waals surface area contributed by atoms with Crippen molar-refractivity contribution in [3.05, 3.63) is 101 Å². The van der Waals surface area contributed by atoms with E-state index >= 15 is 0 Å². The maximum absolute atomic E-state index is 13.9. The van der Waals surface area contributed by atoms with Crippen molar-refractivity contribution in [2.45, 2.75) is 6.42 Å². The number of rotatable bonds is 6. The lowest BCUT2D eigenvalue weighted by Gasteiger charge is -2.11. The molecule has 1 amide bonds. The van der Waals surface area contributed by atoms with Crippen molar-refractivity contribution < 1.29 is 18.3 Å². The number of hydrogen-bond acceptors (Lipinski definition) is 3. The Bertz CT molecular complexity index is 1130. The topological polar surface area (TPSA) is 62.1 Å². The van der Waals surface area contributed by atoms with Crippen LogP contribution in [0.3, 0.4) is 0 Å². The molecule has 0 saturated heterocycles. The lowest BCUT2D eigenvalue weighted by atomic mass is 10.0. The number of nitrogens with zero attached hydrogens (tertiary/aromatic N) is 1. The zero-order valence-electron chi connectivity index (χ0n) is 16.2. The summed E-state index contributed by atoms with van der Waals surface area (Å²) in [6, 6.07) is 18.8. The van der Waals surface area contributed by atoms with E-state index in [9.17, 15) is 18.8 Å². The fourth-order valence-corrected chi connectivity index (χ4v) is 2.89. The monoisotopic (exact) mass is 404 g/mol. The largest absolute Gasteiger partial charge is 0.496 e. The van der Waals surface area contributed by atoms with Gasteiger partial charge in [-0.15, -0.1) is 0 Å². The van der Waals surface area contributed by atoms with Crippen LogP contribution in [0, 0.1) is 23.0 Å². The highest BCUT2D eigenvalue weighted by Crippen LogP contribution is 2.25. The van der Waals surface area contributed by atoms with E-state index in [1.807, 2.05) is 6.07 Å². The fraction of sp³-hybridized carbons (Fsp3) is 0.0833. The van der Waals surface area contributed by atoms with Crippen molar-refractivity contribution in [3.63, 3.8) is 0 Å². The molecule has 3 aromatic carbocycles. The molecule has 0 unspecified atom stereocenters. The Morgan fingerprint density at radius 2 is 1.80 bits per heavy atom. The van der Waals surface area contributed by atoms with Crippen LogP contribution in [0.15, 0.2) is 72.3 Å². The average Bonchev–Trinajstić information content (AvgIpc) is 2.76. The first-order chi connectivity index (χ1) is 14.5. The molecule has 3 rings (SSSR count). The number of nitriles is 1. The van der Waals surface area contributed by atoms with Crippen LogP contribution in [-0.4, -0.2) is 13.0 Å². The van der Waals surface area contributed by atoms with E-state index in [0.29, 0.717) is 29.0 Å². The van der Waals surface area contributed by atoms with Crippen LogP contribution in [0.5, 0.6) is 5.75 Å². The number of nitrogens with one attached hydrogen (secondary N) is 1. The Balaban J connectivity index is 1.82. The number of benzene rings is 3. The highest BCUT2D eigenvalue weighted by molar-refractivity contribution is 6.09. The second-order valence-corrected chi connectivity index (χ2v) is 6.47. The van der Waals surface area contributed by atoms with Gasteiger partial charge in [0.15, 0.2) is 0 Å². The summed E-state index contributed by atoms with van der Waals surface area (Å²) in [5.74, 6) is -0.818. The van der Waals surface area contributed by atoms with Gasteiger partial charge in [0.1, 0.15) is 29.0 Å². The summed E-state index contributed by atoms with van der Waals surface area (Å²) in [5, 5.41) is 11.9. The molecule has 0 aliphatic rings. The first-order valence-electron chi connectivity index (χ1n) is 9.09. The van der Waals surface area contributed by atoms with Crippen molar-refractivity contribution >= 4 is 17.7 Å². The summed E-state index contributed by atoms with van der Waals surface area (Å²) in [7, 11) is 1.50. The van der Waals surface area contributed by atoms with Crippen LogP contribution in [0.25, 0.3) is 6.08 Å². The molecule has 1 N–H and O–H groups in total. The van der Waals surface area contributed by atoms with Crippen LogP contribution in [-0.2, 0) is 11.2 Å². The van der Waals surface area contributed by atoms with Crippen LogP contribution < -0.4 is 10.1 Å². The first-order valence-corrected chi connectivity index (χ1v) is 9.09. The van der Waals surface area contributed by atoms with Gasteiger partial charge in [-0.1, -0.05) is 30.3 Å². The molecule has 6 heteroatoms. The summed E-state index contributed by atoms with van der Waals surface area (Å²) in [4.78, 5) is 12.4. The number of anilines is 1. The van der Waals surface area contributed by atoms with Crippen LogP contribution in [0.2, 0.25) is 0 Å². The summed E-state index contributed by atoms with van der Waals surface area (Å²) in [6.07, 6.45) is 1.77. The van der Waals surface area contributed by atoms with Gasteiger partial charge >= 0.3 is 0 Å². The molecule has 150 valence electrons. The maximum atomic E-state index is 13.9. The predicted octanol–water partition coefficient (Wildman–Crippen LogP) is 5.11. The van der Waals surface area contributed by atoms with Gasteiger partial charge in [0.25, 0.3) is 5.91 Å². The van der Waals surface area contributed by atoms with Gasteiger partial charge in [0.2, 0.25) is 0 Å². The number of methoxy groups -OCH3 is 1. The number of carbonyl (C=O) groups excluding carboxylic acids is 1. The molecule has 0 atom stereocenters. The Labute approximate surface area is 173 Å². The second kappa shape index (κ2) is 9.48. The molecule has 0 aliphatic carbocycles. The Morgan fingerprint density at radius 3 is 2.47 bits per heavy atom. The standard InChI is InChI=1S/C24H18F2N2O2/c1-30-23-13-16(6-7-18(23)14-17-4-2-3-5-22(17)26)12-19(15-27)24(29)28-21-10-8-20(25)9-11-21/h2-13H,14H2,1H3,(H,28,29)/b19-12+. The van der Waals surface area contributed by atoms with Gasteiger partial charge in [0.05, 0.1) is 7.11 Å². The van der Waals surface area contributed by atoms with Crippen LogP contribution in [0.1, 0.15) is 16.7 Å². The molecule has 0 aromatic heterocycles. The molecular formula is C24H18F2N2O2. The molecule has 0 bridgehead atoms. The SMILES string of the molecule is COc1cc(/C=C(\C#N)C(=O)Nc2ccc(F)cc2)ccc1Cc1ccccc1F. The molecule has 0 spiro atoms. The van der Waals surface area contributed by atoms with Crippen molar-refractivity contribution in [2.24, 2.45) is 0 Å². The lowest BCUT2D eigenvalue weighted by Crippen LogP contribution is -2.13. The Kier molecular flexibility index (Phi) is 6.56. The maximum Gasteiger partial charge on any atom is 0.266 e. The molecule has 0 saturated carbocycles. The van der Waals surface area contributed by atoms with Crippen molar-refractivity contribution in [1.29, 1.82) is 5.26 Å². The van der Waals surface area contributed by atoms with E-state index in [1.54, 1.807) is 36.4 Å². The summed E-state index contributed by atoms with van der Waals surface area (Å²) >= 11 is 0. The predicted molar refractivity (Wildman–Crippen MR) is 111 cm³/mol. The molecule has 4 nitrogen and oxygen atoms in total. The van der Waals surface area contributed by atoms with E-state index in [-0.39, 0.29) is 11.4 Å². The van der Waals surface area contributed by atoms with Crippen LogP contribution in [0.4, 0.5) is 14.5 Å². The minimum Gasteiger partial charge on any atom is -0.496 e. The summed E-state index contributed by atoms with van der Waals surface area (Å²) in [6.45, 7) is 0. The lowest BCUT2D eigenvalue weighted by molar-refractivity contribution is -0.112. The van der Waals surface area contributed by atoms with E-state index in [2.05, 4.69) is 5.32 Å². The fourth-order valence-electron chi connectivity index (χ4n) is 2.89. The molecule has 30 heavy (non-hydrogen) atoms. The number of halogens is 2. The first kappa shape index (κ1) is 20.7. The third kappa shape index (κ3) is 5.09. The summed E-state index contributed by atoms with van der Waals surface area (Å²) < 4.78 is 32.3. The minimum absolute atomic E-state index is 0.122. The van der Waals surface area contributed by atoms with Gasteiger partial charge < -0.3 is 10.1 Å². The smallest absolute Gasteiger partial charge is 0.266 e. The minimum atomic E-state index is -0.612. The Hall–Kier alpha value is -3.98. The summed E-state index contributed by atoms with van der Waals surface area (Å²) in [5.41, 5.74) is 2.14. The average molecular weight is 404 g/mol. The molecular weight excluding hydrogens is 386 g/mol.